The lowest BCUT2D eigenvalue weighted by atomic mass is 9.80. The molecule has 3 aliphatic carbocycles. The lowest BCUT2D eigenvalue weighted by Crippen LogP contribution is -2.39. The standard InChI is InChI=1S/C28H31N3O3/c29-27(30)18-9-5-16(6-10-18)23-19-2-1-3-20(19)24-25(23)28(32)31(26(24)17-7-8-17)13-15-4-11-21-22(12-15)34-14-33-21/h4-6,9-12,17,19-20,23-26H,1-3,7-8,13-14H2,(H3,29,30)/t19?,20?,23-,24?,25?,26-/m1/s1. The number of carbonyl (C=O) groups is 1. The van der Waals surface area contributed by atoms with Crippen molar-refractivity contribution in [3.63, 3.8) is 0 Å². The van der Waals surface area contributed by atoms with E-state index in [4.69, 9.17) is 20.6 Å². The molecule has 0 radical (unpaired) electrons. The zero-order valence-corrected chi connectivity index (χ0v) is 19.3. The molecule has 4 fully saturated rings. The first kappa shape index (κ1) is 20.4. The number of hydrogen-bond donors (Lipinski definition) is 2. The highest BCUT2D eigenvalue weighted by Gasteiger charge is 2.65. The highest BCUT2D eigenvalue weighted by Crippen LogP contribution is 2.64. The molecule has 7 rings (SSSR count). The molecule has 0 spiro atoms. The SMILES string of the molecule is N=C(N)c1ccc([C@@H]2C3CCCC3C3C2C(=O)N(Cc2ccc4c(c2)OCO4)[C@@H]3C2CC2)cc1. The number of amides is 1. The average molecular weight is 458 g/mol. The summed E-state index contributed by atoms with van der Waals surface area (Å²) in [7, 11) is 0. The van der Waals surface area contributed by atoms with Gasteiger partial charge >= 0.3 is 0 Å². The van der Waals surface area contributed by atoms with Crippen molar-refractivity contribution in [1.29, 1.82) is 5.41 Å². The van der Waals surface area contributed by atoms with Crippen LogP contribution in [0.15, 0.2) is 42.5 Å². The van der Waals surface area contributed by atoms with E-state index >= 15 is 0 Å². The van der Waals surface area contributed by atoms with Crippen molar-refractivity contribution in [2.75, 3.05) is 6.79 Å². The largest absolute Gasteiger partial charge is 0.454 e. The Kier molecular flexibility index (Phi) is 4.49. The van der Waals surface area contributed by atoms with Gasteiger partial charge < -0.3 is 20.1 Å². The van der Waals surface area contributed by atoms with Crippen LogP contribution in [0.3, 0.4) is 0 Å². The van der Waals surface area contributed by atoms with Gasteiger partial charge in [0.1, 0.15) is 5.84 Å². The van der Waals surface area contributed by atoms with E-state index in [2.05, 4.69) is 23.1 Å². The van der Waals surface area contributed by atoms with Crippen molar-refractivity contribution in [2.24, 2.45) is 35.3 Å². The molecule has 176 valence electrons. The van der Waals surface area contributed by atoms with Gasteiger partial charge in [-0.25, -0.2) is 0 Å². The lowest BCUT2D eigenvalue weighted by molar-refractivity contribution is -0.133. The number of benzene rings is 2. The zero-order chi connectivity index (χ0) is 23.0. The Hall–Kier alpha value is -3.02. The molecule has 1 saturated heterocycles. The number of nitrogens with one attached hydrogen (secondary N) is 1. The Balaban J connectivity index is 1.24. The summed E-state index contributed by atoms with van der Waals surface area (Å²) in [6.07, 6.45) is 6.24. The fraction of sp³-hybridized carbons (Fsp3) is 0.500. The molecule has 34 heavy (non-hydrogen) atoms. The van der Waals surface area contributed by atoms with Crippen LogP contribution < -0.4 is 15.2 Å². The minimum Gasteiger partial charge on any atom is -0.454 e. The number of amidine groups is 1. The van der Waals surface area contributed by atoms with Gasteiger partial charge in [-0.2, -0.15) is 0 Å². The quantitative estimate of drug-likeness (QED) is 0.519. The van der Waals surface area contributed by atoms with Crippen LogP contribution in [0.2, 0.25) is 0 Å². The Morgan fingerprint density at radius 3 is 2.50 bits per heavy atom. The highest BCUT2D eigenvalue weighted by atomic mass is 16.7. The summed E-state index contributed by atoms with van der Waals surface area (Å²) in [5.41, 5.74) is 8.82. The summed E-state index contributed by atoms with van der Waals surface area (Å²) >= 11 is 0. The second-order valence-electron chi connectivity index (χ2n) is 10.9. The van der Waals surface area contributed by atoms with Crippen LogP contribution in [-0.2, 0) is 11.3 Å². The van der Waals surface area contributed by atoms with Crippen molar-refractivity contribution in [1.82, 2.24) is 4.90 Å². The van der Waals surface area contributed by atoms with Crippen LogP contribution in [0.5, 0.6) is 11.5 Å². The van der Waals surface area contributed by atoms with Gasteiger partial charge in [0.2, 0.25) is 12.7 Å². The topological polar surface area (TPSA) is 88.6 Å². The van der Waals surface area contributed by atoms with E-state index in [-0.39, 0.29) is 24.5 Å². The van der Waals surface area contributed by atoms with Crippen LogP contribution >= 0.6 is 0 Å². The van der Waals surface area contributed by atoms with Gasteiger partial charge in [-0.3, -0.25) is 10.2 Å². The molecule has 6 heteroatoms. The van der Waals surface area contributed by atoms with Crippen LogP contribution in [-0.4, -0.2) is 29.5 Å². The van der Waals surface area contributed by atoms with E-state index in [1.54, 1.807) is 0 Å². The molecule has 5 aliphatic rings. The Morgan fingerprint density at radius 2 is 1.74 bits per heavy atom. The molecule has 3 N–H and O–H groups in total. The van der Waals surface area contributed by atoms with Crippen molar-refractivity contribution in [3.8, 4) is 11.5 Å². The molecular weight excluding hydrogens is 426 g/mol. The van der Waals surface area contributed by atoms with Gasteiger partial charge in [-0.1, -0.05) is 36.8 Å². The molecule has 4 unspecified atom stereocenters. The zero-order valence-electron chi connectivity index (χ0n) is 19.3. The lowest BCUT2D eigenvalue weighted by Gasteiger charge is -2.32. The summed E-state index contributed by atoms with van der Waals surface area (Å²) in [4.78, 5) is 16.4. The Bertz CT molecular complexity index is 1160. The maximum atomic E-state index is 14.2. The summed E-state index contributed by atoms with van der Waals surface area (Å²) < 4.78 is 11.1. The van der Waals surface area contributed by atoms with E-state index in [0.29, 0.717) is 42.2 Å². The van der Waals surface area contributed by atoms with Crippen LogP contribution in [0, 0.1) is 35.0 Å². The minimum atomic E-state index is 0.0677. The smallest absolute Gasteiger partial charge is 0.231 e. The number of nitrogens with zero attached hydrogens (tertiary/aromatic N) is 1. The third-order valence-electron chi connectivity index (χ3n) is 9.21. The fourth-order valence-electron chi connectivity index (χ4n) is 7.81. The number of nitrogen functional groups attached to an aromatic ring is 1. The fourth-order valence-corrected chi connectivity index (χ4v) is 7.81. The third kappa shape index (κ3) is 3.00. The number of fused-ring (bicyclic) bond motifs is 4. The van der Waals surface area contributed by atoms with Gasteiger partial charge in [0.05, 0.1) is 5.92 Å². The molecule has 0 bridgehead atoms. The van der Waals surface area contributed by atoms with Crippen molar-refractivity contribution in [3.05, 3.63) is 59.2 Å². The Morgan fingerprint density at radius 1 is 0.971 bits per heavy atom. The number of ether oxygens (including phenoxy) is 2. The van der Waals surface area contributed by atoms with Gasteiger partial charge in [-0.15, -0.1) is 0 Å². The summed E-state index contributed by atoms with van der Waals surface area (Å²) in [5.74, 6) is 4.68. The van der Waals surface area contributed by atoms with Crippen LogP contribution in [0.25, 0.3) is 0 Å². The number of likely N-dealkylation sites (tertiary alicyclic amines) is 1. The van der Waals surface area contributed by atoms with E-state index in [1.165, 1.54) is 37.7 Å². The first-order valence-corrected chi connectivity index (χ1v) is 12.7. The second kappa shape index (κ2) is 7.49. The molecule has 6 nitrogen and oxygen atoms in total. The summed E-state index contributed by atoms with van der Waals surface area (Å²) in [5, 5.41) is 7.74. The molecule has 6 atom stereocenters. The normalized spacial score (nSPS) is 33.3. The van der Waals surface area contributed by atoms with Crippen LogP contribution in [0.1, 0.15) is 54.7 Å². The van der Waals surface area contributed by atoms with Gasteiger partial charge in [0.15, 0.2) is 11.5 Å². The molecule has 1 amide bonds. The van der Waals surface area contributed by atoms with Crippen LogP contribution in [0.4, 0.5) is 0 Å². The maximum Gasteiger partial charge on any atom is 0.231 e. The Labute approximate surface area is 199 Å². The maximum absolute atomic E-state index is 14.2. The minimum absolute atomic E-state index is 0.0677. The van der Waals surface area contributed by atoms with Crippen molar-refractivity contribution in [2.45, 2.75) is 50.6 Å². The molecular formula is C28H31N3O3. The molecule has 2 aromatic rings. The van der Waals surface area contributed by atoms with Gasteiger partial charge in [-0.05, 0) is 78.5 Å². The number of carbonyl (C=O) groups excluding carboxylic acids is 1. The molecule has 3 saturated carbocycles. The molecule has 2 aromatic carbocycles. The summed E-state index contributed by atoms with van der Waals surface area (Å²) in [6.45, 7) is 0.917. The number of hydrogen-bond acceptors (Lipinski definition) is 4. The van der Waals surface area contributed by atoms with E-state index < -0.39 is 0 Å². The van der Waals surface area contributed by atoms with Gasteiger partial charge in [0.25, 0.3) is 0 Å². The van der Waals surface area contributed by atoms with E-state index in [0.717, 1.165) is 22.6 Å². The molecule has 0 aromatic heterocycles. The highest BCUT2D eigenvalue weighted by molar-refractivity contribution is 5.95. The first-order chi connectivity index (χ1) is 16.6. The first-order valence-electron chi connectivity index (χ1n) is 12.7. The van der Waals surface area contributed by atoms with Crippen molar-refractivity contribution >= 4 is 11.7 Å². The summed E-state index contributed by atoms with van der Waals surface area (Å²) in [6, 6.07) is 14.6. The number of nitrogens with two attached hydrogens (primary N) is 1. The predicted octanol–water partition coefficient (Wildman–Crippen LogP) is 4.27. The van der Waals surface area contributed by atoms with E-state index in [9.17, 15) is 4.79 Å². The second-order valence-corrected chi connectivity index (χ2v) is 10.9. The number of rotatable bonds is 5. The van der Waals surface area contributed by atoms with Crippen molar-refractivity contribution < 1.29 is 14.3 Å². The predicted molar refractivity (Wildman–Crippen MR) is 128 cm³/mol. The van der Waals surface area contributed by atoms with Gasteiger partial charge in [0, 0.05) is 18.2 Å². The molecule has 2 aliphatic heterocycles. The monoisotopic (exact) mass is 457 g/mol. The molecule has 2 heterocycles. The van der Waals surface area contributed by atoms with E-state index in [1.807, 2.05) is 24.3 Å². The third-order valence-corrected chi connectivity index (χ3v) is 9.21. The average Bonchev–Trinajstić information content (AvgIpc) is 3.17.